The van der Waals surface area contributed by atoms with Gasteiger partial charge in [0.2, 0.25) is 12.2 Å². The minimum absolute atomic E-state index is 0.424. The number of furan rings is 1. The smallest absolute Gasteiger partial charge is 0.228 e. The Balaban J connectivity index is 1.36. The van der Waals surface area contributed by atoms with Gasteiger partial charge < -0.3 is 19.2 Å². The topological polar surface area (TPSA) is 56.0 Å². The maximum atomic E-state index is 5.98. The summed E-state index contributed by atoms with van der Waals surface area (Å²) in [5.41, 5.74) is 2.08. The highest BCUT2D eigenvalue weighted by Gasteiger charge is 2.18. The minimum atomic E-state index is -0.424. The van der Waals surface area contributed by atoms with Gasteiger partial charge in [-0.2, -0.15) is 0 Å². The van der Waals surface area contributed by atoms with Gasteiger partial charge >= 0.3 is 0 Å². The van der Waals surface area contributed by atoms with Crippen molar-refractivity contribution in [1.29, 1.82) is 0 Å². The normalized spacial score (nSPS) is 15.2. The summed E-state index contributed by atoms with van der Waals surface area (Å²) < 4.78 is 17.0. The molecule has 1 atom stereocenters. The van der Waals surface area contributed by atoms with Crippen molar-refractivity contribution in [3.8, 4) is 5.75 Å². The number of rotatable bonds is 13. The quantitative estimate of drug-likeness (QED) is 0.401. The molecule has 29 heavy (non-hydrogen) atoms. The van der Waals surface area contributed by atoms with Crippen LogP contribution < -0.4 is 10.1 Å². The standard InChI is InChI=1S/C24H34N2O3/c1-3-4-5-6-7-8-9-10-11-22-16-20-17-25-24(26-23(20)29-22)28-18-19-12-14-21(27-2)15-13-19/h12-17,24,26H,3-11,18H2,1-2H3. The maximum Gasteiger partial charge on any atom is 0.228 e. The summed E-state index contributed by atoms with van der Waals surface area (Å²) in [4.78, 5) is 4.44. The van der Waals surface area contributed by atoms with Gasteiger partial charge in [-0.1, -0.05) is 64.0 Å². The van der Waals surface area contributed by atoms with E-state index in [4.69, 9.17) is 13.9 Å². The lowest BCUT2D eigenvalue weighted by atomic mass is 10.1. The van der Waals surface area contributed by atoms with Crippen LogP contribution in [0.2, 0.25) is 0 Å². The van der Waals surface area contributed by atoms with E-state index in [1.165, 1.54) is 51.4 Å². The first kappa shape index (κ1) is 21.4. The summed E-state index contributed by atoms with van der Waals surface area (Å²) in [5.74, 6) is 2.62. The number of hydrogen-bond acceptors (Lipinski definition) is 5. The third-order valence-electron chi connectivity index (χ3n) is 5.26. The molecule has 0 radical (unpaired) electrons. The number of nitrogens with one attached hydrogen (secondary N) is 1. The van der Waals surface area contributed by atoms with Gasteiger partial charge in [0.05, 0.1) is 19.3 Å². The van der Waals surface area contributed by atoms with Gasteiger partial charge in [-0.15, -0.1) is 0 Å². The van der Waals surface area contributed by atoms with Gasteiger partial charge in [0.1, 0.15) is 11.5 Å². The molecule has 0 saturated carbocycles. The SMILES string of the molecule is CCCCCCCCCCc1cc2c(o1)NC(OCc1ccc(OC)cc1)N=C2. The Morgan fingerprint density at radius 1 is 1.00 bits per heavy atom. The zero-order valence-corrected chi connectivity index (χ0v) is 17.8. The highest BCUT2D eigenvalue weighted by molar-refractivity contribution is 5.87. The largest absolute Gasteiger partial charge is 0.497 e. The molecular formula is C24H34N2O3. The molecule has 1 aromatic carbocycles. The van der Waals surface area contributed by atoms with E-state index in [0.29, 0.717) is 6.61 Å². The van der Waals surface area contributed by atoms with Crippen molar-refractivity contribution in [3.05, 3.63) is 47.2 Å². The number of benzene rings is 1. The van der Waals surface area contributed by atoms with Crippen molar-refractivity contribution < 1.29 is 13.9 Å². The molecule has 2 aromatic rings. The molecule has 0 bridgehead atoms. The van der Waals surface area contributed by atoms with E-state index in [0.717, 1.165) is 34.9 Å². The molecule has 1 aromatic heterocycles. The molecular weight excluding hydrogens is 364 g/mol. The Morgan fingerprint density at radius 2 is 1.72 bits per heavy atom. The highest BCUT2D eigenvalue weighted by atomic mass is 16.5. The summed E-state index contributed by atoms with van der Waals surface area (Å²) in [6.45, 7) is 2.73. The Hall–Kier alpha value is -2.27. The van der Waals surface area contributed by atoms with Crippen LogP contribution in [0.3, 0.4) is 0 Å². The second-order valence-corrected chi connectivity index (χ2v) is 7.66. The zero-order valence-electron chi connectivity index (χ0n) is 17.8. The Bertz CT molecular complexity index is 752. The Labute approximate surface area is 174 Å². The van der Waals surface area contributed by atoms with Crippen molar-refractivity contribution in [3.63, 3.8) is 0 Å². The van der Waals surface area contributed by atoms with Gasteiger partial charge in [0, 0.05) is 12.6 Å². The lowest BCUT2D eigenvalue weighted by molar-refractivity contribution is 0.0635. The van der Waals surface area contributed by atoms with E-state index in [9.17, 15) is 0 Å². The van der Waals surface area contributed by atoms with Gasteiger partial charge in [-0.05, 0) is 30.2 Å². The third-order valence-corrected chi connectivity index (χ3v) is 5.26. The number of aryl methyl sites for hydroxylation is 1. The van der Waals surface area contributed by atoms with Crippen LogP contribution in [0.25, 0.3) is 0 Å². The molecule has 1 unspecified atom stereocenters. The van der Waals surface area contributed by atoms with Crippen LogP contribution >= 0.6 is 0 Å². The number of fused-ring (bicyclic) bond motifs is 1. The van der Waals surface area contributed by atoms with E-state index in [1.54, 1.807) is 7.11 Å². The number of ether oxygens (including phenoxy) is 2. The number of anilines is 1. The van der Waals surface area contributed by atoms with E-state index < -0.39 is 6.35 Å². The lowest BCUT2D eigenvalue weighted by Crippen LogP contribution is -2.24. The van der Waals surface area contributed by atoms with Crippen molar-refractivity contribution in [2.45, 2.75) is 77.7 Å². The Kier molecular flexibility index (Phi) is 8.62. The Morgan fingerprint density at radius 3 is 2.45 bits per heavy atom. The van der Waals surface area contributed by atoms with Crippen LogP contribution in [0.1, 0.15) is 75.2 Å². The molecule has 1 aliphatic heterocycles. The summed E-state index contributed by atoms with van der Waals surface area (Å²) in [5, 5.41) is 3.23. The molecule has 0 spiro atoms. The van der Waals surface area contributed by atoms with Crippen LogP contribution in [0, 0.1) is 0 Å². The molecule has 2 heterocycles. The van der Waals surface area contributed by atoms with E-state index >= 15 is 0 Å². The van der Waals surface area contributed by atoms with Crippen molar-refractivity contribution >= 4 is 12.1 Å². The minimum Gasteiger partial charge on any atom is -0.497 e. The zero-order chi connectivity index (χ0) is 20.3. The first-order valence-corrected chi connectivity index (χ1v) is 11.0. The van der Waals surface area contributed by atoms with E-state index in [2.05, 4.69) is 23.3 Å². The average Bonchev–Trinajstić information content (AvgIpc) is 3.16. The first-order chi connectivity index (χ1) is 14.3. The monoisotopic (exact) mass is 398 g/mol. The summed E-state index contributed by atoms with van der Waals surface area (Å²) in [6.07, 6.45) is 13.0. The summed E-state index contributed by atoms with van der Waals surface area (Å²) in [6, 6.07) is 9.93. The molecule has 0 aliphatic carbocycles. The van der Waals surface area contributed by atoms with Gasteiger partial charge in [-0.3, -0.25) is 0 Å². The fourth-order valence-electron chi connectivity index (χ4n) is 3.50. The number of aliphatic imine (C=N–C) groups is 1. The van der Waals surface area contributed by atoms with Crippen LogP contribution in [0.15, 0.2) is 39.7 Å². The molecule has 0 saturated heterocycles. The van der Waals surface area contributed by atoms with Gasteiger partial charge in [-0.25, -0.2) is 4.99 Å². The van der Waals surface area contributed by atoms with Crippen LogP contribution in [0.4, 0.5) is 5.88 Å². The molecule has 158 valence electrons. The van der Waals surface area contributed by atoms with E-state index in [1.807, 2.05) is 30.5 Å². The maximum absolute atomic E-state index is 5.98. The highest BCUT2D eigenvalue weighted by Crippen LogP contribution is 2.26. The van der Waals surface area contributed by atoms with Crippen molar-refractivity contribution in [2.75, 3.05) is 12.4 Å². The average molecular weight is 399 g/mol. The predicted molar refractivity (Wildman–Crippen MR) is 118 cm³/mol. The predicted octanol–water partition coefficient (Wildman–Crippen LogP) is 6.32. The van der Waals surface area contributed by atoms with Crippen LogP contribution in [-0.4, -0.2) is 19.7 Å². The molecule has 1 aliphatic rings. The molecule has 0 amide bonds. The summed E-state index contributed by atoms with van der Waals surface area (Å²) in [7, 11) is 1.66. The second-order valence-electron chi connectivity index (χ2n) is 7.66. The second kappa shape index (κ2) is 11.7. The van der Waals surface area contributed by atoms with Crippen molar-refractivity contribution in [1.82, 2.24) is 0 Å². The number of nitrogens with zero attached hydrogens (tertiary/aromatic N) is 1. The molecule has 3 rings (SSSR count). The molecule has 5 heteroatoms. The lowest BCUT2D eigenvalue weighted by Gasteiger charge is -2.18. The molecule has 5 nitrogen and oxygen atoms in total. The first-order valence-electron chi connectivity index (χ1n) is 11.0. The van der Waals surface area contributed by atoms with Crippen LogP contribution in [0.5, 0.6) is 5.75 Å². The molecule has 0 fully saturated rings. The van der Waals surface area contributed by atoms with Gasteiger partial charge in [0.25, 0.3) is 0 Å². The number of methoxy groups -OCH3 is 1. The number of unbranched alkanes of at least 4 members (excludes halogenated alkanes) is 7. The van der Waals surface area contributed by atoms with E-state index in [-0.39, 0.29) is 0 Å². The third kappa shape index (κ3) is 6.93. The number of hydrogen-bond donors (Lipinski definition) is 1. The van der Waals surface area contributed by atoms with Crippen molar-refractivity contribution in [2.24, 2.45) is 4.99 Å². The van der Waals surface area contributed by atoms with Gasteiger partial charge in [0.15, 0.2) is 0 Å². The summed E-state index contributed by atoms with van der Waals surface area (Å²) >= 11 is 0. The van der Waals surface area contributed by atoms with Crippen LogP contribution in [-0.2, 0) is 17.8 Å². The fraction of sp³-hybridized carbons (Fsp3) is 0.542. The fourth-order valence-corrected chi connectivity index (χ4v) is 3.50. The molecule has 1 N–H and O–H groups in total.